The lowest BCUT2D eigenvalue weighted by atomic mass is 10.5. The van der Waals surface area contributed by atoms with Crippen LogP contribution in [0.4, 0.5) is 4.79 Å². The maximum atomic E-state index is 10.6. The van der Waals surface area contributed by atoms with E-state index in [2.05, 4.69) is 11.3 Å². The van der Waals surface area contributed by atoms with Crippen LogP contribution in [0.5, 0.6) is 0 Å². The SMILES string of the molecule is C=CCN1CC(=O)OC1=O. The fourth-order valence-electron chi connectivity index (χ4n) is 0.710. The number of esters is 1. The molecule has 0 bridgehead atoms. The van der Waals surface area contributed by atoms with Crippen molar-refractivity contribution >= 4 is 12.1 Å². The van der Waals surface area contributed by atoms with Crippen LogP contribution in [-0.4, -0.2) is 30.1 Å². The summed E-state index contributed by atoms with van der Waals surface area (Å²) in [6, 6.07) is 0. The van der Waals surface area contributed by atoms with Gasteiger partial charge in [0, 0.05) is 6.54 Å². The molecule has 0 unspecified atom stereocenters. The van der Waals surface area contributed by atoms with Crippen molar-refractivity contribution < 1.29 is 14.3 Å². The summed E-state index contributed by atoms with van der Waals surface area (Å²) < 4.78 is 4.23. The van der Waals surface area contributed by atoms with Crippen molar-refractivity contribution in [2.75, 3.05) is 13.1 Å². The van der Waals surface area contributed by atoms with E-state index in [4.69, 9.17) is 0 Å². The van der Waals surface area contributed by atoms with Gasteiger partial charge < -0.3 is 4.74 Å². The lowest BCUT2D eigenvalue weighted by Gasteiger charge is -2.05. The Morgan fingerprint density at radius 1 is 1.70 bits per heavy atom. The van der Waals surface area contributed by atoms with Crippen LogP contribution < -0.4 is 0 Å². The van der Waals surface area contributed by atoms with Crippen LogP contribution in [0.2, 0.25) is 0 Å². The van der Waals surface area contributed by atoms with Gasteiger partial charge in [-0.05, 0) is 0 Å². The Balaban J connectivity index is 2.54. The Kier molecular flexibility index (Phi) is 1.71. The highest BCUT2D eigenvalue weighted by Crippen LogP contribution is 2.03. The number of amides is 1. The van der Waals surface area contributed by atoms with Crippen LogP contribution in [0.15, 0.2) is 12.7 Å². The van der Waals surface area contributed by atoms with Crippen molar-refractivity contribution in [3.8, 4) is 0 Å². The van der Waals surface area contributed by atoms with Crippen molar-refractivity contribution in [3.05, 3.63) is 12.7 Å². The number of nitrogens with zero attached hydrogens (tertiary/aromatic N) is 1. The van der Waals surface area contributed by atoms with Crippen molar-refractivity contribution in [3.63, 3.8) is 0 Å². The van der Waals surface area contributed by atoms with E-state index < -0.39 is 12.1 Å². The van der Waals surface area contributed by atoms with Crippen LogP contribution in [0.1, 0.15) is 0 Å². The minimum atomic E-state index is -0.579. The van der Waals surface area contributed by atoms with E-state index in [-0.39, 0.29) is 6.54 Å². The van der Waals surface area contributed by atoms with Crippen LogP contribution in [0, 0.1) is 0 Å². The van der Waals surface area contributed by atoms with Gasteiger partial charge in [-0.15, -0.1) is 6.58 Å². The largest absolute Gasteiger partial charge is 0.418 e. The van der Waals surface area contributed by atoms with Crippen molar-refractivity contribution in [1.29, 1.82) is 0 Å². The van der Waals surface area contributed by atoms with E-state index in [0.29, 0.717) is 6.54 Å². The van der Waals surface area contributed by atoms with Crippen molar-refractivity contribution in [2.45, 2.75) is 0 Å². The molecule has 54 valence electrons. The first-order valence-corrected chi connectivity index (χ1v) is 2.84. The second kappa shape index (κ2) is 2.51. The molecule has 4 nitrogen and oxygen atoms in total. The highest BCUT2D eigenvalue weighted by Gasteiger charge is 2.27. The standard InChI is InChI=1S/C6H7NO3/c1-2-3-7-4-5(8)10-6(7)9/h2H,1,3-4H2. The van der Waals surface area contributed by atoms with E-state index in [1.54, 1.807) is 6.08 Å². The molecule has 1 rings (SSSR count). The number of rotatable bonds is 2. The molecule has 0 saturated carbocycles. The molecule has 0 atom stereocenters. The molecule has 1 aliphatic heterocycles. The molecule has 0 aromatic heterocycles. The topological polar surface area (TPSA) is 46.6 Å². The molecule has 1 aliphatic rings. The molecule has 1 heterocycles. The first-order chi connectivity index (χ1) is 4.74. The molecule has 4 heteroatoms. The van der Waals surface area contributed by atoms with Crippen LogP contribution in [0.3, 0.4) is 0 Å². The summed E-state index contributed by atoms with van der Waals surface area (Å²) in [4.78, 5) is 22.3. The fourth-order valence-corrected chi connectivity index (χ4v) is 0.710. The van der Waals surface area contributed by atoms with E-state index in [1.807, 2.05) is 0 Å². The lowest BCUT2D eigenvalue weighted by molar-refractivity contribution is -0.132. The number of cyclic esters (lactones) is 2. The van der Waals surface area contributed by atoms with Crippen molar-refractivity contribution in [2.24, 2.45) is 0 Å². The van der Waals surface area contributed by atoms with Crippen LogP contribution >= 0.6 is 0 Å². The zero-order valence-corrected chi connectivity index (χ0v) is 5.37. The fraction of sp³-hybridized carbons (Fsp3) is 0.333. The number of carbonyl (C=O) groups is 2. The number of hydrogen-bond donors (Lipinski definition) is 0. The van der Waals surface area contributed by atoms with Gasteiger partial charge in [0.25, 0.3) is 0 Å². The van der Waals surface area contributed by atoms with Gasteiger partial charge in [0.1, 0.15) is 6.54 Å². The molecular weight excluding hydrogens is 134 g/mol. The number of ether oxygens (including phenoxy) is 1. The van der Waals surface area contributed by atoms with Crippen molar-refractivity contribution in [1.82, 2.24) is 4.90 Å². The number of carbonyl (C=O) groups excluding carboxylic acids is 2. The molecule has 0 radical (unpaired) electrons. The van der Waals surface area contributed by atoms with Gasteiger partial charge >= 0.3 is 12.1 Å². The predicted octanol–water partition coefficient (Wildman–Crippen LogP) is 0.151. The average molecular weight is 141 g/mol. The van der Waals surface area contributed by atoms with E-state index in [0.717, 1.165) is 0 Å². The summed E-state index contributed by atoms with van der Waals surface area (Å²) in [5.41, 5.74) is 0. The molecule has 1 fully saturated rings. The Morgan fingerprint density at radius 2 is 2.40 bits per heavy atom. The summed E-state index contributed by atoms with van der Waals surface area (Å²) >= 11 is 0. The number of hydrogen-bond acceptors (Lipinski definition) is 3. The Bertz CT molecular complexity index is 187. The quantitative estimate of drug-likeness (QED) is 0.312. The molecule has 0 spiro atoms. The molecule has 0 aromatic rings. The zero-order chi connectivity index (χ0) is 7.56. The molecule has 10 heavy (non-hydrogen) atoms. The zero-order valence-electron chi connectivity index (χ0n) is 5.37. The first-order valence-electron chi connectivity index (χ1n) is 2.84. The maximum Gasteiger partial charge on any atom is 0.418 e. The molecular formula is C6H7NO3. The summed E-state index contributed by atoms with van der Waals surface area (Å²) in [6.07, 6.45) is 0.963. The van der Waals surface area contributed by atoms with E-state index in [1.165, 1.54) is 4.90 Å². The summed E-state index contributed by atoms with van der Waals surface area (Å²) in [6.45, 7) is 3.84. The second-order valence-corrected chi connectivity index (χ2v) is 1.91. The van der Waals surface area contributed by atoms with E-state index in [9.17, 15) is 9.59 Å². The molecule has 1 amide bonds. The van der Waals surface area contributed by atoms with Gasteiger partial charge in [-0.2, -0.15) is 0 Å². The monoisotopic (exact) mass is 141 g/mol. The van der Waals surface area contributed by atoms with Gasteiger partial charge in [0.2, 0.25) is 0 Å². The van der Waals surface area contributed by atoms with E-state index >= 15 is 0 Å². The second-order valence-electron chi connectivity index (χ2n) is 1.91. The summed E-state index contributed by atoms with van der Waals surface area (Å²) in [5.74, 6) is -0.494. The Hall–Kier alpha value is -1.32. The maximum absolute atomic E-state index is 10.6. The first kappa shape index (κ1) is 6.80. The molecule has 0 aliphatic carbocycles. The Morgan fingerprint density at radius 3 is 2.80 bits per heavy atom. The lowest BCUT2D eigenvalue weighted by Crippen LogP contribution is -2.24. The van der Waals surface area contributed by atoms with Gasteiger partial charge in [-0.1, -0.05) is 6.08 Å². The smallest absolute Gasteiger partial charge is 0.375 e. The highest BCUT2D eigenvalue weighted by atomic mass is 16.6. The van der Waals surface area contributed by atoms with Gasteiger partial charge in [0.05, 0.1) is 0 Å². The molecule has 1 saturated heterocycles. The highest BCUT2D eigenvalue weighted by molar-refractivity contribution is 5.92. The van der Waals surface area contributed by atoms with Gasteiger partial charge in [-0.3, -0.25) is 4.90 Å². The summed E-state index contributed by atoms with van der Waals surface area (Å²) in [7, 11) is 0. The Labute approximate surface area is 58.1 Å². The third kappa shape index (κ3) is 1.15. The summed E-state index contributed by atoms with van der Waals surface area (Å²) in [5, 5.41) is 0. The minimum absolute atomic E-state index is 0.0465. The molecule has 0 N–H and O–H groups in total. The third-order valence-electron chi connectivity index (χ3n) is 1.13. The van der Waals surface area contributed by atoms with Crippen LogP contribution in [0.25, 0.3) is 0 Å². The predicted molar refractivity (Wildman–Crippen MR) is 33.3 cm³/mol. The van der Waals surface area contributed by atoms with Gasteiger partial charge in [0.15, 0.2) is 0 Å². The van der Waals surface area contributed by atoms with Crippen LogP contribution in [-0.2, 0) is 9.53 Å². The van der Waals surface area contributed by atoms with Gasteiger partial charge in [-0.25, -0.2) is 9.59 Å². The minimum Gasteiger partial charge on any atom is -0.375 e. The third-order valence-corrected chi connectivity index (χ3v) is 1.13. The molecule has 0 aromatic carbocycles. The normalized spacial score (nSPS) is 17.4. The average Bonchev–Trinajstić information content (AvgIpc) is 2.13.